The van der Waals surface area contributed by atoms with Crippen LogP contribution in [-0.2, 0) is 9.59 Å². The molecule has 0 aliphatic heterocycles. The molecule has 2 amide bonds. The number of nitrogens with zero attached hydrogens (tertiary/aromatic N) is 2. The molecule has 2 rings (SSSR count). The van der Waals surface area contributed by atoms with Crippen LogP contribution in [0.5, 0.6) is 11.5 Å². The van der Waals surface area contributed by atoms with Gasteiger partial charge in [0.05, 0.1) is 12.4 Å². The predicted octanol–water partition coefficient (Wildman–Crippen LogP) is 4.43. The Morgan fingerprint density at radius 1 is 0.684 bits per heavy atom. The van der Waals surface area contributed by atoms with Gasteiger partial charge in [0.15, 0.2) is 0 Å². The van der Waals surface area contributed by atoms with Crippen LogP contribution in [0.25, 0.3) is 0 Å². The number of ether oxygens (including phenoxy) is 2. The first kappa shape index (κ1) is 29.7. The molecule has 38 heavy (non-hydrogen) atoms. The highest BCUT2D eigenvalue weighted by Crippen LogP contribution is 2.16. The summed E-state index contributed by atoms with van der Waals surface area (Å²) in [5.74, 6) is 5.80. The summed E-state index contributed by atoms with van der Waals surface area (Å²) in [6, 6.07) is 14.6. The number of nitrogens with one attached hydrogen (secondary N) is 2. The number of benzene rings is 2. The van der Waals surface area contributed by atoms with Gasteiger partial charge in [-0.05, 0) is 37.1 Å². The quantitative estimate of drug-likeness (QED) is 0.141. The molecule has 0 saturated carbocycles. The first-order valence-corrected chi connectivity index (χ1v) is 12.6. The van der Waals surface area contributed by atoms with Crippen molar-refractivity contribution in [3.63, 3.8) is 0 Å². The van der Waals surface area contributed by atoms with E-state index in [4.69, 9.17) is 22.3 Å². The topological polar surface area (TPSA) is 101 Å². The lowest BCUT2D eigenvalue weighted by Gasteiger charge is -2.05. The fourth-order valence-electron chi connectivity index (χ4n) is 3.41. The number of hydrogen-bond donors (Lipinski definition) is 2. The van der Waals surface area contributed by atoms with Crippen molar-refractivity contribution in [1.29, 1.82) is 0 Å². The molecule has 2 N–H and O–H groups in total. The van der Waals surface area contributed by atoms with Gasteiger partial charge in [0, 0.05) is 24.0 Å². The van der Waals surface area contributed by atoms with Gasteiger partial charge in [-0.1, -0.05) is 61.8 Å². The van der Waals surface area contributed by atoms with Crippen molar-refractivity contribution >= 4 is 24.2 Å². The lowest BCUT2D eigenvalue weighted by Crippen LogP contribution is -2.17. The minimum Gasteiger partial charge on any atom is -0.480 e. The van der Waals surface area contributed by atoms with Gasteiger partial charge in [-0.3, -0.25) is 9.59 Å². The molecule has 0 heterocycles. The Morgan fingerprint density at radius 2 is 1.08 bits per heavy atom. The van der Waals surface area contributed by atoms with Crippen LogP contribution in [0.4, 0.5) is 0 Å². The van der Waals surface area contributed by atoms with Gasteiger partial charge in [-0.15, -0.1) is 12.8 Å². The molecular weight excluding hydrogens is 480 g/mol. The summed E-state index contributed by atoms with van der Waals surface area (Å²) in [4.78, 5) is 24.0. The number of hydrogen-bond acceptors (Lipinski definition) is 6. The molecule has 0 spiro atoms. The third kappa shape index (κ3) is 12.4. The van der Waals surface area contributed by atoms with Crippen molar-refractivity contribution in [2.45, 2.75) is 51.4 Å². The lowest BCUT2D eigenvalue weighted by molar-refractivity contribution is -0.122. The van der Waals surface area contributed by atoms with E-state index in [1.54, 1.807) is 24.6 Å². The van der Waals surface area contributed by atoms with Crippen molar-refractivity contribution in [2.24, 2.45) is 10.2 Å². The average Bonchev–Trinajstić information content (AvgIpc) is 2.93. The highest BCUT2D eigenvalue weighted by Gasteiger charge is 2.04. The molecule has 0 unspecified atom stereocenters. The first-order valence-electron chi connectivity index (χ1n) is 12.6. The second kappa shape index (κ2) is 18.7. The van der Waals surface area contributed by atoms with E-state index in [9.17, 15) is 9.59 Å². The van der Waals surface area contributed by atoms with Crippen LogP contribution in [0, 0.1) is 24.7 Å². The van der Waals surface area contributed by atoms with Gasteiger partial charge in [0.1, 0.15) is 24.7 Å². The average molecular weight is 515 g/mol. The zero-order chi connectivity index (χ0) is 27.3. The summed E-state index contributed by atoms with van der Waals surface area (Å²) in [6.07, 6.45) is 19.8. The van der Waals surface area contributed by atoms with Crippen LogP contribution in [0.2, 0.25) is 0 Å². The summed E-state index contributed by atoms with van der Waals surface area (Å²) >= 11 is 0. The van der Waals surface area contributed by atoms with E-state index in [0.29, 0.717) is 24.3 Å². The summed E-state index contributed by atoms with van der Waals surface area (Å²) in [7, 11) is 0. The summed E-state index contributed by atoms with van der Waals surface area (Å²) in [5.41, 5.74) is 6.55. The van der Waals surface area contributed by atoms with Gasteiger partial charge >= 0.3 is 0 Å². The molecule has 8 heteroatoms. The molecule has 198 valence electrons. The minimum absolute atomic E-state index is 0.134. The van der Waals surface area contributed by atoms with Gasteiger partial charge in [-0.25, -0.2) is 10.9 Å². The molecule has 2 aromatic carbocycles. The Bertz CT molecular complexity index is 1070. The number of amides is 2. The number of carbonyl (C=O) groups excluding carboxylic acids is 2. The molecule has 0 atom stereocenters. The molecule has 8 nitrogen and oxygen atoms in total. The Hall–Kier alpha value is -4.56. The maximum Gasteiger partial charge on any atom is 0.240 e. The molecular formula is C30H34N4O4. The second-order valence-electron chi connectivity index (χ2n) is 8.27. The molecule has 2 aromatic rings. The molecule has 0 bridgehead atoms. The zero-order valence-electron chi connectivity index (χ0n) is 21.5. The Labute approximate surface area is 224 Å². The van der Waals surface area contributed by atoms with E-state index in [1.165, 1.54) is 0 Å². The van der Waals surface area contributed by atoms with Gasteiger partial charge < -0.3 is 9.47 Å². The number of hydrazone groups is 2. The number of unbranched alkanes of at least 4 members (excludes halogenated alkanes) is 5. The van der Waals surface area contributed by atoms with Crippen molar-refractivity contribution in [3.8, 4) is 36.2 Å². The molecule has 0 aliphatic rings. The molecule has 0 aliphatic carbocycles. The van der Waals surface area contributed by atoms with Gasteiger partial charge in [-0.2, -0.15) is 10.2 Å². The Morgan fingerprint density at radius 3 is 1.50 bits per heavy atom. The van der Waals surface area contributed by atoms with E-state index in [1.807, 2.05) is 36.4 Å². The summed E-state index contributed by atoms with van der Waals surface area (Å²) < 4.78 is 10.9. The van der Waals surface area contributed by atoms with Crippen LogP contribution in [-0.4, -0.2) is 37.5 Å². The highest BCUT2D eigenvalue weighted by atomic mass is 16.5. The van der Waals surface area contributed by atoms with E-state index in [2.05, 4.69) is 32.9 Å². The van der Waals surface area contributed by atoms with Crippen molar-refractivity contribution < 1.29 is 19.1 Å². The third-order valence-electron chi connectivity index (χ3n) is 5.30. The zero-order valence-corrected chi connectivity index (χ0v) is 21.5. The number of carbonyl (C=O) groups is 2. The van der Waals surface area contributed by atoms with Crippen molar-refractivity contribution in [1.82, 2.24) is 10.9 Å². The van der Waals surface area contributed by atoms with Crippen LogP contribution in [0.3, 0.4) is 0 Å². The third-order valence-corrected chi connectivity index (χ3v) is 5.30. The van der Waals surface area contributed by atoms with Crippen LogP contribution in [0.1, 0.15) is 62.5 Å². The maximum absolute atomic E-state index is 12.0. The molecule has 0 fully saturated rings. The standard InChI is InChI=1S/C30H34N4O4/c1-3-21-37-27-17-13-11-15-25(27)23-31-33-29(35)19-9-7-5-6-8-10-20-30(36)34-32-24-26-16-12-14-18-28(26)38-22-4-2/h1-2,11-18,23-24H,5-10,19-22H2,(H,33,35)(H,34,36). The summed E-state index contributed by atoms with van der Waals surface area (Å²) in [5, 5.41) is 8.01. The number of para-hydroxylation sites is 2. The monoisotopic (exact) mass is 514 g/mol. The smallest absolute Gasteiger partial charge is 0.240 e. The van der Waals surface area contributed by atoms with Gasteiger partial charge in [0.2, 0.25) is 11.8 Å². The molecule has 0 radical (unpaired) electrons. The first-order chi connectivity index (χ1) is 18.6. The number of rotatable bonds is 17. The highest BCUT2D eigenvalue weighted by molar-refractivity contribution is 5.86. The maximum atomic E-state index is 12.0. The van der Waals surface area contributed by atoms with Gasteiger partial charge in [0.25, 0.3) is 0 Å². The predicted molar refractivity (Wildman–Crippen MR) is 150 cm³/mol. The van der Waals surface area contributed by atoms with E-state index >= 15 is 0 Å². The van der Waals surface area contributed by atoms with Crippen LogP contribution < -0.4 is 20.3 Å². The summed E-state index contributed by atoms with van der Waals surface area (Å²) in [6.45, 7) is 0.332. The van der Waals surface area contributed by atoms with Crippen LogP contribution in [0.15, 0.2) is 58.7 Å². The Balaban J connectivity index is 1.52. The van der Waals surface area contributed by atoms with E-state index in [-0.39, 0.29) is 25.0 Å². The van der Waals surface area contributed by atoms with Crippen molar-refractivity contribution in [3.05, 3.63) is 59.7 Å². The minimum atomic E-state index is -0.134. The molecule has 0 saturated heterocycles. The van der Waals surface area contributed by atoms with Crippen molar-refractivity contribution in [2.75, 3.05) is 13.2 Å². The largest absolute Gasteiger partial charge is 0.480 e. The second-order valence-corrected chi connectivity index (χ2v) is 8.27. The number of terminal acetylenes is 2. The SMILES string of the molecule is C#CCOc1ccccc1C=NNC(=O)CCCCCCCCC(=O)NN=Cc1ccccc1OCC#C. The van der Waals surface area contributed by atoms with Crippen LogP contribution >= 0.6 is 0 Å². The fourth-order valence-corrected chi connectivity index (χ4v) is 3.41. The Kier molecular flexibility index (Phi) is 14.6. The normalized spacial score (nSPS) is 10.6. The fraction of sp³-hybridized carbons (Fsp3) is 0.333. The van der Waals surface area contributed by atoms with E-state index in [0.717, 1.165) is 49.7 Å². The molecule has 0 aromatic heterocycles. The lowest BCUT2D eigenvalue weighted by atomic mass is 10.1. The van der Waals surface area contributed by atoms with E-state index < -0.39 is 0 Å².